The fourth-order valence-corrected chi connectivity index (χ4v) is 4.31. The Balaban J connectivity index is 1.57. The van der Waals surface area contributed by atoms with E-state index < -0.39 is 29.7 Å². The van der Waals surface area contributed by atoms with Gasteiger partial charge in [-0.05, 0) is 25.0 Å². The second-order valence-electron chi connectivity index (χ2n) is 8.22. The van der Waals surface area contributed by atoms with Gasteiger partial charge in [-0.15, -0.1) is 0 Å². The number of aromatic nitrogens is 4. The predicted octanol–water partition coefficient (Wildman–Crippen LogP) is 5.12. The van der Waals surface area contributed by atoms with Gasteiger partial charge in [0.2, 0.25) is 5.95 Å². The van der Waals surface area contributed by atoms with Gasteiger partial charge < -0.3 is 16.0 Å². The van der Waals surface area contributed by atoms with Gasteiger partial charge in [0.25, 0.3) is 5.92 Å². The summed E-state index contributed by atoms with van der Waals surface area (Å²) in [6.07, 6.45) is 2.17. The van der Waals surface area contributed by atoms with Crippen LogP contribution in [-0.2, 0) is 6.18 Å². The molecule has 1 fully saturated rings. The van der Waals surface area contributed by atoms with Gasteiger partial charge in [0.15, 0.2) is 0 Å². The van der Waals surface area contributed by atoms with E-state index in [9.17, 15) is 22.0 Å². The summed E-state index contributed by atoms with van der Waals surface area (Å²) in [5.74, 6) is -3.00. The molecule has 0 amide bonds. The first kappa shape index (κ1) is 21.5. The molecule has 0 spiro atoms. The largest absolute Gasteiger partial charge is 0.416 e. The third kappa shape index (κ3) is 3.86. The van der Waals surface area contributed by atoms with Crippen LogP contribution in [0.1, 0.15) is 24.8 Å². The van der Waals surface area contributed by atoms with Crippen LogP contribution >= 0.6 is 0 Å². The molecule has 33 heavy (non-hydrogen) atoms. The molecule has 0 saturated heterocycles. The minimum Gasteiger partial charge on any atom is -0.361 e. The van der Waals surface area contributed by atoms with Crippen LogP contribution in [-0.4, -0.2) is 37.9 Å². The van der Waals surface area contributed by atoms with Crippen molar-refractivity contribution in [2.45, 2.75) is 43.4 Å². The molecule has 1 aliphatic carbocycles. The van der Waals surface area contributed by atoms with Gasteiger partial charge in [0.1, 0.15) is 6.04 Å². The fraction of sp³-hybridized carbons (Fsp3) is 0.318. The van der Waals surface area contributed by atoms with Crippen LogP contribution in [0.4, 0.5) is 27.9 Å². The van der Waals surface area contributed by atoms with E-state index in [0.29, 0.717) is 45.8 Å². The topological polar surface area (TPSA) is 92.5 Å². The van der Waals surface area contributed by atoms with Gasteiger partial charge in [-0.2, -0.15) is 13.2 Å². The number of nitrogens with one attached hydrogen (secondary N) is 2. The van der Waals surface area contributed by atoms with E-state index in [4.69, 9.17) is 5.73 Å². The number of nitrogens with two attached hydrogens (primary N) is 1. The zero-order valence-corrected chi connectivity index (χ0v) is 17.1. The van der Waals surface area contributed by atoms with E-state index in [1.165, 1.54) is 24.7 Å². The Morgan fingerprint density at radius 1 is 1.12 bits per heavy atom. The molecule has 2 atom stereocenters. The molecule has 1 aromatic carbocycles. The maximum absolute atomic E-state index is 14.4. The molecule has 5 rings (SSSR count). The number of hydrogen-bond donors (Lipinski definition) is 3. The summed E-state index contributed by atoms with van der Waals surface area (Å²) in [5, 5.41) is 3.80. The van der Waals surface area contributed by atoms with E-state index in [-0.39, 0.29) is 12.4 Å². The lowest BCUT2D eigenvalue weighted by Gasteiger charge is -2.36. The number of nitrogens with zero attached hydrogens (tertiary/aromatic N) is 3. The van der Waals surface area contributed by atoms with Crippen LogP contribution < -0.4 is 11.1 Å². The van der Waals surface area contributed by atoms with E-state index in [2.05, 4.69) is 25.3 Å². The fourth-order valence-electron chi connectivity index (χ4n) is 4.31. The first-order valence-electron chi connectivity index (χ1n) is 10.3. The van der Waals surface area contributed by atoms with Crippen molar-refractivity contribution in [3.8, 4) is 11.1 Å². The summed E-state index contributed by atoms with van der Waals surface area (Å²) < 4.78 is 68.0. The van der Waals surface area contributed by atoms with Gasteiger partial charge in [-0.1, -0.05) is 6.07 Å². The average molecular weight is 462 g/mol. The number of hydrogen-bond acceptors (Lipinski definition) is 5. The molecule has 0 radical (unpaired) electrons. The van der Waals surface area contributed by atoms with E-state index in [1.54, 1.807) is 6.20 Å². The summed E-state index contributed by atoms with van der Waals surface area (Å²) in [4.78, 5) is 15.6. The molecule has 0 bridgehead atoms. The molecule has 6 nitrogen and oxygen atoms in total. The maximum atomic E-state index is 14.4. The number of anilines is 1. The summed E-state index contributed by atoms with van der Waals surface area (Å²) in [5.41, 5.74) is 7.01. The van der Waals surface area contributed by atoms with Crippen LogP contribution in [0.3, 0.4) is 0 Å². The molecule has 1 aliphatic rings. The van der Waals surface area contributed by atoms with Gasteiger partial charge in [0.05, 0.1) is 11.1 Å². The number of fused-ring (bicyclic) bond motifs is 2. The van der Waals surface area contributed by atoms with Crippen molar-refractivity contribution in [1.82, 2.24) is 19.9 Å². The van der Waals surface area contributed by atoms with Crippen molar-refractivity contribution in [2.24, 2.45) is 5.73 Å². The number of H-pyrrole nitrogens is 1. The molecule has 3 aromatic heterocycles. The number of rotatable bonds is 3. The summed E-state index contributed by atoms with van der Waals surface area (Å²) in [6.45, 7) is 0. The molecular weight excluding hydrogens is 443 g/mol. The molecular formula is C22H19F5N6. The smallest absolute Gasteiger partial charge is 0.361 e. The van der Waals surface area contributed by atoms with Gasteiger partial charge in [-0.25, -0.2) is 18.7 Å². The zero-order valence-electron chi connectivity index (χ0n) is 17.1. The highest BCUT2D eigenvalue weighted by Gasteiger charge is 2.46. The molecule has 172 valence electrons. The lowest BCUT2D eigenvalue weighted by Crippen LogP contribution is -2.55. The maximum Gasteiger partial charge on any atom is 0.416 e. The van der Waals surface area contributed by atoms with E-state index in [0.717, 1.165) is 12.1 Å². The Morgan fingerprint density at radius 3 is 2.70 bits per heavy atom. The monoisotopic (exact) mass is 462 g/mol. The minimum absolute atomic E-state index is 0.00354. The molecule has 4 N–H and O–H groups in total. The number of alkyl halides is 5. The van der Waals surface area contributed by atoms with Gasteiger partial charge in [0, 0.05) is 64.7 Å². The van der Waals surface area contributed by atoms with Gasteiger partial charge >= 0.3 is 6.18 Å². The van der Waals surface area contributed by atoms with Crippen molar-refractivity contribution in [3.05, 3.63) is 48.5 Å². The minimum atomic E-state index is -4.46. The van der Waals surface area contributed by atoms with Crippen molar-refractivity contribution < 1.29 is 22.0 Å². The Bertz CT molecular complexity index is 1330. The van der Waals surface area contributed by atoms with Crippen LogP contribution in [0.25, 0.3) is 32.9 Å². The molecule has 3 heterocycles. The standard InChI is InChI=1S/C22H19F5N6/c23-21(24)5-1-2-16(28)19(21)33-20-31-8-11-7-29-9-15(18(11)32-20)14-10-30-17-6-12(22(25,26)27)3-4-13(14)17/h3-4,6-10,16,19,30H,1-2,5,28H2,(H,31,32,33)/t16-,19-/m0/s1. The lowest BCUT2D eigenvalue weighted by atomic mass is 9.87. The van der Waals surface area contributed by atoms with E-state index in [1.807, 2.05) is 0 Å². The van der Waals surface area contributed by atoms with Gasteiger partial charge in [-0.3, -0.25) is 4.98 Å². The third-order valence-corrected chi connectivity index (χ3v) is 6.00. The second kappa shape index (κ2) is 7.62. The van der Waals surface area contributed by atoms with Crippen molar-refractivity contribution in [1.29, 1.82) is 0 Å². The Labute approximate surface area is 184 Å². The molecule has 11 heteroatoms. The molecule has 1 saturated carbocycles. The van der Waals surface area contributed by atoms with Crippen molar-refractivity contribution >= 4 is 27.8 Å². The summed E-state index contributed by atoms with van der Waals surface area (Å²) in [6, 6.07) is 1.37. The highest BCUT2D eigenvalue weighted by molar-refractivity contribution is 6.03. The summed E-state index contributed by atoms with van der Waals surface area (Å²) >= 11 is 0. The third-order valence-electron chi connectivity index (χ3n) is 6.00. The first-order valence-corrected chi connectivity index (χ1v) is 10.3. The predicted molar refractivity (Wildman–Crippen MR) is 114 cm³/mol. The van der Waals surface area contributed by atoms with Crippen LogP contribution in [0.2, 0.25) is 0 Å². The SMILES string of the molecule is N[C@H]1CCCC(F)(F)[C@H]1Nc1ncc2cncc(-c3c[nH]c4cc(C(F)(F)F)ccc34)c2n1. The number of aromatic amines is 1. The lowest BCUT2D eigenvalue weighted by molar-refractivity contribution is -0.137. The van der Waals surface area contributed by atoms with E-state index >= 15 is 0 Å². The second-order valence-corrected chi connectivity index (χ2v) is 8.22. The number of pyridine rings is 1. The molecule has 4 aromatic rings. The Kier molecular flexibility index (Phi) is 4.96. The highest BCUT2D eigenvalue weighted by Crippen LogP contribution is 2.37. The summed E-state index contributed by atoms with van der Waals surface area (Å²) in [7, 11) is 0. The Hall–Kier alpha value is -3.34. The van der Waals surface area contributed by atoms with Crippen molar-refractivity contribution in [3.63, 3.8) is 0 Å². The first-order chi connectivity index (χ1) is 15.6. The molecule has 0 unspecified atom stereocenters. The number of halogens is 5. The normalized spacial score (nSPS) is 20.9. The van der Waals surface area contributed by atoms with Crippen molar-refractivity contribution in [2.75, 3.05) is 5.32 Å². The number of benzene rings is 1. The highest BCUT2D eigenvalue weighted by atomic mass is 19.4. The van der Waals surface area contributed by atoms with Crippen LogP contribution in [0.15, 0.2) is 43.0 Å². The molecule has 0 aliphatic heterocycles. The Morgan fingerprint density at radius 2 is 1.94 bits per heavy atom. The quantitative estimate of drug-likeness (QED) is 0.368. The average Bonchev–Trinajstić information content (AvgIpc) is 3.18. The zero-order chi connectivity index (χ0) is 23.4. The van der Waals surface area contributed by atoms with Crippen LogP contribution in [0, 0.1) is 0 Å². The van der Waals surface area contributed by atoms with Crippen LogP contribution in [0.5, 0.6) is 0 Å².